The molecule has 4 aromatic rings. The summed E-state index contributed by atoms with van der Waals surface area (Å²) in [4.78, 5) is 25.5. The number of carbonyl (C=O) groups excluding carboxylic acids is 1. The molecule has 0 aliphatic carbocycles. The number of anilines is 1. The number of methoxy groups -OCH3 is 1. The van der Waals surface area contributed by atoms with E-state index in [2.05, 4.69) is 20.3 Å². The largest absolute Gasteiger partial charge is 0.493 e. The molecule has 0 saturated carbocycles. The lowest BCUT2D eigenvalue weighted by molar-refractivity contribution is -0.0223. The number of ketones is 1. The van der Waals surface area contributed by atoms with E-state index in [1.165, 1.54) is 18.2 Å². The molecule has 1 aliphatic heterocycles. The summed E-state index contributed by atoms with van der Waals surface area (Å²) in [5.41, 5.74) is 2.39. The lowest BCUT2D eigenvalue weighted by Crippen LogP contribution is -2.36. The molecular formula is C27H27FN4O5. The van der Waals surface area contributed by atoms with Crippen LogP contribution in [0.25, 0.3) is 11.0 Å². The predicted molar refractivity (Wildman–Crippen MR) is 135 cm³/mol. The van der Waals surface area contributed by atoms with Crippen molar-refractivity contribution in [1.29, 1.82) is 0 Å². The van der Waals surface area contributed by atoms with Crippen molar-refractivity contribution >= 4 is 22.5 Å². The van der Waals surface area contributed by atoms with Gasteiger partial charge in [-0.2, -0.15) is 0 Å². The van der Waals surface area contributed by atoms with Gasteiger partial charge in [-0.15, -0.1) is 0 Å². The van der Waals surface area contributed by atoms with Crippen LogP contribution < -0.4 is 14.8 Å². The van der Waals surface area contributed by atoms with Crippen LogP contribution in [0.1, 0.15) is 34.5 Å². The number of nitrogens with zero attached hydrogens (tertiary/aromatic N) is 2. The van der Waals surface area contributed by atoms with Gasteiger partial charge in [0, 0.05) is 23.9 Å². The highest BCUT2D eigenvalue weighted by atomic mass is 19.1. The Hall–Kier alpha value is -4.02. The zero-order chi connectivity index (χ0) is 25.9. The highest BCUT2D eigenvalue weighted by Crippen LogP contribution is 2.36. The number of benzene rings is 1. The molecule has 1 aliphatic rings. The van der Waals surface area contributed by atoms with Crippen LogP contribution in [0.2, 0.25) is 0 Å². The fourth-order valence-corrected chi connectivity index (χ4v) is 4.44. The Morgan fingerprint density at radius 1 is 1.22 bits per heavy atom. The topological polar surface area (TPSA) is 119 Å². The van der Waals surface area contributed by atoms with E-state index in [-0.39, 0.29) is 36.2 Å². The van der Waals surface area contributed by atoms with E-state index in [0.717, 1.165) is 12.8 Å². The number of fused-ring (bicyclic) bond motifs is 1. The first kappa shape index (κ1) is 24.7. The zero-order valence-electron chi connectivity index (χ0n) is 20.5. The standard InChI is InChI=1S/C27H27FN4O5/c1-15-18(9-10-23(31-15)37-21-6-4-3-5-20(21)28)26(34)19-11-29-27-24(19)25(22(35-2)12-30-27)32-16-7-8-17(13-33)36-14-16/h3-6,9-12,16-17,33H,7-8,13-14H2,1-2H3,(H2,29,30,32)/t16-,17+/m1/s1. The van der Waals surface area contributed by atoms with Crippen molar-refractivity contribution in [2.45, 2.75) is 31.9 Å². The number of carbonyl (C=O) groups is 1. The molecule has 0 amide bonds. The number of aliphatic hydroxyl groups is 1. The van der Waals surface area contributed by atoms with E-state index in [4.69, 9.17) is 14.2 Å². The van der Waals surface area contributed by atoms with Gasteiger partial charge in [-0.1, -0.05) is 12.1 Å². The summed E-state index contributed by atoms with van der Waals surface area (Å²) in [6, 6.07) is 9.17. The summed E-state index contributed by atoms with van der Waals surface area (Å²) < 4.78 is 30.8. The van der Waals surface area contributed by atoms with Gasteiger partial charge < -0.3 is 29.6 Å². The first-order valence-corrected chi connectivity index (χ1v) is 12.0. The Kier molecular flexibility index (Phi) is 7.02. The minimum atomic E-state index is -0.502. The molecule has 5 rings (SSSR count). The van der Waals surface area contributed by atoms with Crippen molar-refractivity contribution < 1.29 is 28.5 Å². The number of para-hydroxylation sites is 1. The van der Waals surface area contributed by atoms with Gasteiger partial charge in [-0.25, -0.2) is 14.4 Å². The molecule has 9 nitrogen and oxygen atoms in total. The van der Waals surface area contributed by atoms with Crippen LogP contribution in [0.4, 0.5) is 10.1 Å². The number of aromatic amines is 1. The number of aliphatic hydroxyl groups excluding tert-OH is 1. The van der Waals surface area contributed by atoms with Gasteiger partial charge in [0.05, 0.1) is 55.0 Å². The van der Waals surface area contributed by atoms with Crippen LogP contribution in [0.5, 0.6) is 17.4 Å². The zero-order valence-corrected chi connectivity index (χ0v) is 20.5. The number of hydrogen-bond donors (Lipinski definition) is 3. The van der Waals surface area contributed by atoms with Crippen molar-refractivity contribution in [2.75, 3.05) is 25.6 Å². The van der Waals surface area contributed by atoms with Gasteiger partial charge in [0.1, 0.15) is 5.65 Å². The van der Waals surface area contributed by atoms with Gasteiger partial charge in [0.25, 0.3) is 0 Å². The van der Waals surface area contributed by atoms with E-state index < -0.39 is 5.82 Å². The number of nitrogens with one attached hydrogen (secondary N) is 2. The van der Waals surface area contributed by atoms with E-state index >= 15 is 0 Å². The van der Waals surface area contributed by atoms with Crippen molar-refractivity contribution in [3.8, 4) is 17.4 Å². The highest BCUT2D eigenvalue weighted by molar-refractivity contribution is 6.19. The Labute approximate surface area is 212 Å². The maximum absolute atomic E-state index is 14.0. The van der Waals surface area contributed by atoms with Crippen LogP contribution in [0.3, 0.4) is 0 Å². The van der Waals surface area contributed by atoms with E-state index in [1.807, 2.05) is 0 Å². The molecule has 0 radical (unpaired) electrons. The molecule has 0 spiro atoms. The minimum absolute atomic E-state index is 0.0104. The van der Waals surface area contributed by atoms with Crippen molar-refractivity contribution in [2.24, 2.45) is 0 Å². The maximum Gasteiger partial charge on any atom is 0.219 e. The number of rotatable bonds is 8. The van der Waals surface area contributed by atoms with Crippen LogP contribution in [0, 0.1) is 12.7 Å². The third-order valence-corrected chi connectivity index (χ3v) is 6.41. The van der Waals surface area contributed by atoms with E-state index in [9.17, 15) is 14.3 Å². The first-order chi connectivity index (χ1) is 18.0. The molecule has 1 aromatic carbocycles. The quantitative estimate of drug-likeness (QED) is 0.301. The molecule has 3 aromatic heterocycles. The van der Waals surface area contributed by atoms with Gasteiger partial charge in [-0.05, 0) is 38.0 Å². The molecule has 0 unspecified atom stereocenters. The second kappa shape index (κ2) is 10.5. The van der Waals surface area contributed by atoms with E-state index in [1.54, 1.807) is 44.6 Å². The molecule has 192 valence electrons. The molecule has 10 heteroatoms. The highest BCUT2D eigenvalue weighted by Gasteiger charge is 2.26. The van der Waals surface area contributed by atoms with Gasteiger partial charge in [-0.3, -0.25) is 4.79 Å². The van der Waals surface area contributed by atoms with Crippen LogP contribution >= 0.6 is 0 Å². The maximum atomic E-state index is 14.0. The fraction of sp³-hybridized carbons (Fsp3) is 0.296. The van der Waals surface area contributed by atoms with Crippen molar-refractivity contribution in [1.82, 2.24) is 15.0 Å². The number of H-pyrrole nitrogens is 1. The molecule has 0 bridgehead atoms. The number of ether oxygens (including phenoxy) is 3. The van der Waals surface area contributed by atoms with Crippen LogP contribution in [0.15, 0.2) is 48.8 Å². The van der Waals surface area contributed by atoms with E-state index in [0.29, 0.717) is 45.9 Å². The smallest absolute Gasteiger partial charge is 0.219 e. The molecule has 2 atom stereocenters. The number of aromatic nitrogens is 3. The second-order valence-electron chi connectivity index (χ2n) is 8.83. The van der Waals surface area contributed by atoms with Crippen molar-refractivity contribution in [3.05, 3.63) is 71.4 Å². The summed E-state index contributed by atoms with van der Waals surface area (Å²) in [5, 5.41) is 13.4. The molecular weight excluding hydrogens is 479 g/mol. The number of hydrogen-bond acceptors (Lipinski definition) is 8. The molecule has 1 fully saturated rings. The Morgan fingerprint density at radius 2 is 2.05 bits per heavy atom. The Bertz CT molecular complexity index is 1430. The lowest BCUT2D eigenvalue weighted by atomic mass is 10.0. The van der Waals surface area contributed by atoms with Gasteiger partial charge in [0.2, 0.25) is 5.88 Å². The summed E-state index contributed by atoms with van der Waals surface area (Å²) in [7, 11) is 1.55. The van der Waals surface area contributed by atoms with Gasteiger partial charge >= 0.3 is 0 Å². The SMILES string of the molecule is COc1cnc2[nH]cc(C(=O)c3ccc(Oc4ccccc4F)nc3C)c2c1N[C@@H]1CC[C@@H](CO)OC1. The predicted octanol–water partition coefficient (Wildman–Crippen LogP) is 4.39. The van der Waals surface area contributed by atoms with Gasteiger partial charge in [0.15, 0.2) is 23.1 Å². The average molecular weight is 507 g/mol. The summed E-state index contributed by atoms with van der Waals surface area (Å²) in [6.45, 7) is 2.10. The second-order valence-corrected chi connectivity index (χ2v) is 8.83. The summed E-state index contributed by atoms with van der Waals surface area (Å²) in [6.07, 6.45) is 4.56. The van der Waals surface area contributed by atoms with Crippen LogP contribution in [-0.2, 0) is 4.74 Å². The lowest BCUT2D eigenvalue weighted by Gasteiger charge is -2.29. The number of aryl methyl sites for hydroxylation is 1. The summed E-state index contributed by atoms with van der Waals surface area (Å²) in [5.74, 6) is -0.0307. The molecule has 1 saturated heterocycles. The van der Waals surface area contributed by atoms with Crippen LogP contribution in [-0.4, -0.2) is 58.3 Å². The third kappa shape index (κ3) is 4.98. The average Bonchev–Trinajstić information content (AvgIpc) is 3.35. The molecule has 4 heterocycles. The molecule has 3 N–H and O–H groups in total. The number of halogens is 1. The Morgan fingerprint density at radius 3 is 2.76 bits per heavy atom. The first-order valence-electron chi connectivity index (χ1n) is 12.0. The monoisotopic (exact) mass is 506 g/mol. The minimum Gasteiger partial charge on any atom is -0.493 e. The molecule has 37 heavy (non-hydrogen) atoms. The summed E-state index contributed by atoms with van der Waals surface area (Å²) >= 11 is 0. The third-order valence-electron chi connectivity index (χ3n) is 6.41. The normalized spacial score (nSPS) is 17.5. The number of pyridine rings is 2. The Balaban J connectivity index is 1.46. The fourth-order valence-electron chi connectivity index (χ4n) is 4.44. The van der Waals surface area contributed by atoms with Crippen molar-refractivity contribution in [3.63, 3.8) is 0 Å².